The van der Waals surface area contributed by atoms with Crippen LogP contribution in [-0.4, -0.2) is 54.2 Å². The Kier molecular flexibility index (Phi) is 4.96. The molecule has 0 aromatic carbocycles. The molecule has 6 nitrogen and oxygen atoms in total. The normalized spacial score (nSPS) is 21.8. The lowest BCUT2D eigenvalue weighted by Crippen LogP contribution is -2.49. The lowest BCUT2D eigenvalue weighted by atomic mass is 10.2. The van der Waals surface area contributed by atoms with Crippen molar-refractivity contribution >= 4 is 12.0 Å². The molecule has 0 aliphatic carbocycles. The highest BCUT2D eigenvalue weighted by molar-refractivity contribution is 5.82. The second-order valence-corrected chi connectivity index (χ2v) is 4.28. The molecule has 96 valence electrons. The first-order valence-electron chi connectivity index (χ1n) is 5.62. The van der Waals surface area contributed by atoms with E-state index in [9.17, 15) is 9.59 Å². The van der Waals surface area contributed by atoms with Crippen molar-refractivity contribution in [1.82, 2.24) is 15.5 Å². The Bertz CT molecular complexity index is 306. The number of rotatable bonds is 5. The van der Waals surface area contributed by atoms with Crippen LogP contribution in [0.2, 0.25) is 0 Å². The van der Waals surface area contributed by atoms with Gasteiger partial charge in [0.05, 0.1) is 0 Å². The maximum atomic E-state index is 11.6. The molecule has 0 saturated carbocycles. The number of carbonyl (C=O) groups excluding carboxylic acids is 1. The van der Waals surface area contributed by atoms with Crippen molar-refractivity contribution in [1.29, 1.82) is 0 Å². The average molecular weight is 241 g/mol. The SMILES string of the molecule is C=CCC(NC(=O)NC1CCN(C)C1)C(=O)O. The summed E-state index contributed by atoms with van der Waals surface area (Å²) in [5.41, 5.74) is 0. The fraction of sp³-hybridized carbons (Fsp3) is 0.636. The van der Waals surface area contributed by atoms with Gasteiger partial charge in [0, 0.05) is 12.6 Å². The van der Waals surface area contributed by atoms with Crippen molar-refractivity contribution in [3.63, 3.8) is 0 Å². The fourth-order valence-corrected chi connectivity index (χ4v) is 1.83. The topological polar surface area (TPSA) is 81.7 Å². The summed E-state index contributed by atoms with van der Waals surface area (Å²) in [7, 11) is 1.98. The first-order valence-corrected chi connectivity index (χ1v) is 5.62. The van der Waals surface area contributed by atoms with E-state index in [1.165, 1.54) is 6.08 Å². The van der Waals surface area contributed by atoms with E-state index in [-0.39, 0.29) is 12.5 Å². The highest BCUT2D eigenvalue weighted by atomic mass is 16.4. The molecule has 3 N–H and O–H groups in total. The molecule has 1 saturated heterocycles. The van der Waals surface area contributed by atoms with Crippen molar-refractivity contribution in [2.24, 2.45) is 0 Å². The van der Waals surface area contributed by atoms with E-state index in [1.807, 2.05) is 7.05 Å². The Hall–Kier alpha value is -1.56. The average Bonchev–Trinajstić information content (AvgIpc) is 2.63. The van der Waals surface area contributed by atoms with Crippen LogP contribution in [0.25, 0.3) is 0 Å². The Balaban J connectivity index is 2.36. The van der Waals surface area contributed by atoms with Gasteiger partial charge in [-0.05, 0) is 26.4 Å². The van der Waals surface area contributed by atoms with Gasteiger partial charge < -0.3 is 20.6 Å². The Morgan fingerprint density at radius 2 is 2.35 bits per heavy atom. The molecule has 0 aromatic heterocycles. The Morgan fingerprint density at radius 3 is 2.82 bits per heavy atom. The number of likely N-dealkylation sites (tertiary alicyclic amines) is 1. The molecule has 1 heterocycles. The third kappa shape index (κ3) is 4.44. The maximum absolute atomic E-state index is 11.6. The van der Waals surface area contributed by atoms with Gasteiger partial charge in [-0.15, -0.1) is 6.58 Å². The third-order valence-corrected chi connectivity index (χ3v) is 2.73. The number of likely N-dealkylation sites (N-methyl/N-ethyl adjacent to an activating group) is 1. The first kappa shape index (κ1) is 13.5. The number of hydrogen-bond donors (Lipinski definition) is 3. The second kappa shape index (κ2) is 6.24. The molecule has 1 fully saturated rings. The smallest absolute Gasteiger partial charge is 0.326 e. The third-order valence-electron chi connectivity index (χ3n) is 2.73. The number of hydrogen-bond acceptors (Lipinski definition) is 3. The summed E-state index contributed by atoms with van der Waals surface area (Å²) < 4.78 is 0. The van der Waals surface area contributed by atoms with Crippen molar-refractivity contribution in [2.45, 2.75) is 24.9 Å². The molecule has 0 radical (unpaired) electrons. The van der Waals surface area contributed by atoms with E-state index in [0.29, 0.717) is 0 Å². The van der Waals surface area contributed by atoms with E-state index in [0.717, 1.165) is 19.5 Å². The number of carboxylic acids is 1. The lowest BCUT2D eigenvalue weighted by molar-refractivity contribution is -0.139. The van der Waals surface area contributed by atoms with Crippen LogP contribution in [0.4, 0.5) is 4.79 Å². The zero-order valence-electron chi connectivity index (χ0n) is 9.98. The Labute approximate surface area is 101 Å². The minimum absolute atomic E-state index is 0.0955. The van der Waals surface area contributed by atoms with Crippen LogP contribution in [0, 0.1) is 0 Å². The van der Waals surface area contributed by atoms with E-state index < -0.39 is 18.0 Å². The maximum Gasteiger partial charge on any atom is 0.326 e. The number of nitrogens with zero attached hydrogens (tertiary/aromatic N) is 1. The van der Waals surface area contributed by atoms with Crippen LogP contribution in [0.1, 0.15) is 12.8 Å². The standard InChI is InChI=1S/C11H19N3O3/c1-3-4-9(10(15)16)13-11(17)12-8-5-6-14(2)7-8/h3,8-9H,1,4-7H2,2H3,(H,15,16)(H2,12,13,17). The highest BCUT2D eigenvalue weighted by Crippen LogP contribution is 2.05. The van der Waals surface area contributed by atoms with Crippen LogP contribution in [0.15, 0.2) is 12.7 Å². The van der Waals surface area contributed by atoms with Gasteiger partial charge in [0.15, 0.2) is 0 Å². The van der Waals surface area contributed by atoms with Gasteiger partial charge in [0.25, 0.3) is 0 Å². The van der Waals surface area contributed by atoms with E-state index in [1.54, 1.807) is 0 Å². The van der Waals surface area contributed by atoms with Crippen molar-refractivity contribution < 1.29 is 14.7 Å². The molecular weight excluding hydrogens is 222 g/mol. The number of carbonyl (C=O) groups is 2. The summed E-state index contributed by atoms with van der Waals surface area (Å²) in [4.78, 5) is 24.5. The van der Waals surface area contributed by atoms with Crippen LogP contribution in [0.3, 0.4) is 0 Å². The predicted octanol–water partition coefficient (Wildman–Crippen LogP) is 0.0190. The number of carboxylic acid groups (broad SMARTS) is 1. The summed E-state index contributed by atoms with van der Waals surface area (Å²) in [6.45, 7) is 5.20. The molecule has 2 amide bonds. The second-order valence-electron chi connectivity index (χ2n) is 4.28. The summed E-state index contributed by atoms with van der Waals surface area (Å²) in [5.74, 6) is -1.05. The fourth-order valence-electron chi connectivity index (χ4n) is 1.83. The number of aliphatic carboxylic acids is 1. The van der Waals surface area contributed by atoms with E-state index >= 15 is 0 Å². The minimum Gasteiger partial charge on any atom is -0.480 e. The van der Waals surface area contributed by atoms with Crippen molar-refractivity contribution in [3.8, 4) is 0 Å². The summed E-state index contributed by atoms with van der Waals surface area (Å²) in [6, 6.07) is -1.25. The molecule has 1 aliphatic rings. The molecule has 1 aliphatic heterocycles. The molecule has 1 rings (SSSR count). The molecule has 17 heavy (non-hydrogen) atoms. The van der Waals surface area contributed by atoms with Gasteiger partial charge in [0.2, 0.25) is 0 Å². The lowest BCUT2D eigenvalue weighted by Gasteiger charge is -2.17. The van der Waals surface area contributed by atoms with E-state index in [4.69, 9.17) is 5.11 Å². The molecule has 0 spiro atoms. The number of nitrogens with one attached hydrogen (secondary N) is 2. The molecule has 2 atom stereocenters. The van der Waals surface area contributed by atoms with Gasteiger partial charge in [-0.2, -0.15) is 0 Å². The molecule has 0 aromatic rings. The number of urea groups is 1. The monoisotopic (exact) mass is 241 g/mol. The zero-order valence-corrected chi connectivity index (χ0v) is 9.98. The molecule has 2 unspecified atom stereocenters. The largest absolute Gasteiger partial charge is 0.480 e. The minimum atomic E-state index is -1.05. The van der Waals surface area contributed by atoms with Crippen LogP contribution >= 0.6 is 0 Å². The van der Waals surface area contributed by atoms with Gasteiger partial charge >= 0.3 is 12.0 Å². The molecular formula is C11H19N3O3. The summed E-state index contributed by atoms with van der Waals surface area (Å²) in [5, 5.41) is 14.0. The highest BCUT2D eigenvalue weighted by Gasteiger charge is 2.23. The first-order chi connectivity index (χ1) is 8.02. The van der Waals surface area contributed by atoms with Gasteiger partial charge in [-0.3, -0.25) is 0 Å². The number of amides is 2. The summed E-state index contributed by atoms with van der Waals surface area (Å²) >= 11 is 0. The van der Waals surface area contributed by atoms with Gasteiger partial charge in [-0.1, -0.05) is 6.08 Å². The van der Waals surface area contributed by atoms with Crippen molar-refractivity contribution in [2.75, 3.05) is 20.1 Å². The molecule has 6 heteroatoms. The van der Waals surface area contributed by atoms with Crippen molar-refractivity contribution in [3.05, 3.63) is 12.7 Å². The quantitative estimate of drug-likeness (QED) is 0.593. The Morgan fingerprint density at radius 1 is 1.65 bits per heavy atom. The van der Waals surface area contributed by atoms with Crippen LogP contribution < -0.4 is 10.6 Å². The van der Waals surface area contributed by atoms with Gasteiger partial charge in [0.1, 0.15) is 6.04 Å². The van der Waals surface area contributed by atoms with E-state index in [2.05, 4.69) is 22.1 Å². The van der Waals surface area contributed by atoms with Crippen LogP contribution in [-0.2, 0) is 4.79 Å². The zero-order chi connectivity index (χ0) is 12.8. The predicted molar refractivity (Wildman–Crippen MR) is 63.8 cm³/mol. The molecule has 0 bridgehead atoms. The summed E-state index contributed by atoms with van der Waals surface area (Å²) in [6.07, 6.45) is 2.58. The van der Waals surface area contributed by atoms with Gasteiger partial charge in [-0.25, -0.2) is 9.59 Å². The van der Waals surface area contributed by atoms with Crippen LogP contribution in [0.5, 0.6) is 0 Å².